The molecule has 0 spiro atoms. The van der Waals surface area contributed by atoms with Crippen molar-refractivity contribution in [1.82, 2.24) is 0 Å². The van der Waals surface area contributed by atoms with Gasteiger partial charge in [-0.05, 0) is 103 Å². The van der Waals surface area contributed by atoms with Crippen molar-refractivity contribution < 1.29 is 9.68 Å². The molecule has 0 aliphatic heterocycles. The van der Waals surface area contributed by atoms with Crippen LogP contribution in [-0.2, 0) is 6.42 Å². The minimum Gasteiger partial charge on any atom is -0.399 e. The average Bonchev–Trinajstić information content (AvgIpc) is 3.14. The summed E-state index contributed by atoms with van der Waals surface area (Å²) in [5.74, 6) is 1.27. The topological polar surface area (TPSA) is 47.7 Å². The molecule has 1 aliphatic carbocycles. The molecule has 0 unspecified atom stereocenters. The third kappa shape index (κ3) is 3.89. The molecule has 4 nitrogen and oxygen atoms in total. The van der Waals surface area contributed by atoms with Gasteiger partial charge in [-0.3, -0.25) is 0 Å². The zero-order valence-electron chi connectivity index (χ0n) is 16.4. The third-order valence-electron chi connectivity index (χ3n) is 5.15. The summed E-state index contributed by atoms with van der Waals surface area (Å²) in [6.07, 6.45) is 0.844. The molecule has 2 N–H and O–H groups in total. The quantitative estimate of drug-likeness (QED) is 0.191. The number of halogens is 2. The van der Waals surface area contributed by atoms with Crippen LogP contribution in [0.5, 0.6) is 11.5 Å². The van der Waals surface area contributed by atoms with Crippen molar-refractivity contribution in [2.75, 3.05) is 11.0 Å². The molecule has 0 atom stereocenters. The summed E-state index contributed by atoms with van der Waals surface area (Å²) >= 11 is 7.12. The molecule has 0 saturated heterocycles. The molecule has 5 rings (SSSR count). The minimum absolute atomic E-state index is 0.637. The maximum atomic E-state index is 6.27. The molecule has 0 fully saturated rings. The highest BCUT2D eigenvalue weighted by Crippen LogP contribution is 2.44. The molecule has 0 radical (unpaired) electrons. The summed E-state index contributed by atoms with van der Waals surface area (Å²) in [7, 11) is 0. The third-order valence-corrected chi connectivity index (χ3v) is 6.46. The van der Waals surface area contributed by atoms with Gasteiger partial charge in [-0.25, -0.2) is 0 Å². The molecule has 31 heavy (non-hydrogen) atoms. The van der Waals surface area contributed by atoms with Gasteiger partial charge in [0.2, 0.25) is 0 Å². The molecule has 0 bridgehead atoms. The van der Waals surface area contributed by atoms with Crippen molar-refractivity contribution in [2.45, 2.75) is 6.42 Å². The van der Waals surface area contributed by atoms with Gasteiger partial charge in [0, 0.05) is 11.3 Å². The number of hydrogen-bond donors (Lipinski definition) is 1. The highest BCUT2D eigenvalue weighted by molar-refractivity contribution is 9.10. The van der Waals surface area contributed by atoms with E-state index in [2.05, 4.69) is 44.0 Å². The normalized spacial score (nSPS) is 11.5. The zero-order chi connectivity index (χ0) is 21.4. The van der Waals surface area contributed by atoms with Crippen LogP contribution in [0.1, 0.15) is 11.1 Å². The standard InChI is InChI=1S/C25H18Br2N2O2/c26-20-7-1-3-10-23(20)30-29(31-24-11-4-2-8-21(24)27)22-9-5-6-17-14-16-12-13-18(28)15-19(16)25(17)22/h1-13,15H,14,28H2. The van der Waals surface area contributed by atoms with Gasteiger partial charge in [0.1, 0.15) is 5.69 Å². The fraction of sp³-hybridized carbons (Fsp3) is 0.0400. The van der Waals surface area contributed by atoms with Gasteiger partial charge in [0.25, 0.3) is 0 Å². The number of anilines is 2. The molecular formula is C25H18Br2N2O2. The Balaban J connectivity index is 1.64. The van der Waals surface area contributed by atoms with E-state index in [0.717, 1.165) is 37.9 Å². The molecule has 4 aromatic carbocycles. The van der Waals surface area contributed by atoms with Gasteiger partial charge in [-0.15, -0.1) is 0 Å². The minimum atomic E-state index is 0.637. The van der Waals surface area contributed by atoms with Crippen LogP contribution in [0.2, 0.25) is 0 Å². The van der Waals surface area contributed by atoms with E-state index in [1.807, 2.05) is 72.8 Å². The van der Waals surface area contributed by atoms with Crippen LogP contribution in [0.3, 0.4) is 0 Å². The first-order valence-corrected chi connectivity index (χ1v) is 11.3. The molecule has 0 amide bonds. The molecule has 154 valence electrons. The van der Waals surface area contributed by atoms with E-state index < -0.39 is 0 Å². The fourth-order valence-corrected chi connectivity index (χ4v) is 4.43. The van der Waals surface area contributed by atoms with Gasteiger partial charge < -0.3 is 15.4 Å². The van der Waals surface area contributed by atoms with Crippen LogP contribution in [0.25, 0.3) is 11.1 Å². The van der Waals surface area contributed by atoms with Gasteiger partial charge in [0.05, 0.1) is 8.95 Å². The van der Waals surface area contributed by atoms with Gasteiger partial charge in [-0.2, -0.15) is 0 Å². The van der Waals surface area contributed by atoms with E-state index >= 15 is 0 Å². The summed E-state index contributed by atoms with van der Waals surface area (Å²) in [5, 5.41) is 1.47. The predicted octanol–water partition coefficient (Wildman–Crippen LogP) is 7.16. The van der Waals surface area contributed by atoms with Crippen LogP contribution in [0.15, 0.2) is 93.9 Å². The Morgan fingerprint density at radius 1 is 0.710 bits per heavy atom. The van der Waals surface area contributed by atoms with Crippen molar-refractivity contribution in [2.24, 2.45) is 0 Å². The second kappa shape index (κ2) is 8.29. The second-order valence-electron chi connectivity index (χ2n) is 7.21. The number of fused-ring (bicyclic) bond motifs is 3. The SMILES string of the molecule is Nc1ccc2c(c1)-c1c(cccc1N(Oc1ccccc1Br)Oc1ccccc1Br)C2. The molecule has 0 heterocycles. The van der Waals surface area contributed by atoms with Crippen LogP contribution in [0, 0.1) is 0 Å². The molecule has 1 aliphatic rings. The maximum Gasteiger partial charge on any atom is 0.173 e. The molecule has 0 aromatic heterocycles. The Morgan fingerprint density at radius 2 is 1.35 bits per heavy atom. The summed E-state index contributed by atoms with van der Waals surface area (Å²) in [6, 6.07) is 27.5. The second-order valence-corrected chi connectivity index (χ2v) is 8.91. The molecule has 6 heteroatoms. The van der Waals surface area contributed by atoms with Crippen LogP contribution in [-0.4, -0.2) is 0 Å². The summed E-state index contributed by atoms with van der Waals surface area (Å²) in [6.45, 7) is 0. The zero-order valence-corrected chi connectivity index (χ0v) is 19.6. The lowest BCUT2D eigenvalue weighted by molar-refractivity contribution is 0.0719. The summed E-state index contributed by atoms with van der Waals surface area (Å²) in [4.78, 5) is 12.5. The largest absolute Gasteiger partial charge is 0.399 e. The molecular weight excluding hydrogens is 520 g/mol. The van der Waals surface area contributed by atoms with Crippen molar-refractivity contribution >= 4 is 43.2 Å². The van der Waals surface area contributed by atoms with Crippen LogP contribution >= 0.6 is 31.9 Å². The molecule has 4 aromatic rings. The maximum absolute atomic E-state index is 6.27. The van der Waals surface area contributed by atoms with Gasteiger partial charge in [-0.1, -0.05) is 42.5 Å². The van der Waals surface area contributed by atoms with E-state index in [1.165, 1.54) is 16.4 Å². The number of para-hydroxylation sites is 2. The number of nitrogens with zero attached hydrogens (tertiary/aromatic N) is 1. The van der Waals surface area contributed by atoms with Crippen molar-refractivity contribution in [1.29, 1.82) is 0 Å². The van der Waals surface area contributed by atoms with Gasteiger partial charge >= 0.3 is 0 Å². The first-order chi connectivity index (χ1) is 15.1. The van der Waals surface area contributed by atoms with E-state index in [9.17, 15) is 0 Å². The lowest BCUT2D eigenvalue weighted by Crippen LogP contribution is -2.32. The first kappa shape index (κ1) is 20.0. The average molecular weight is 538 g/mol. The Bertz CT molecular complexity index is 1230. The monoisotopic (exact) mass is 536 g/mol. The Kier molecular flexibility index (Phi) is 5.34. The van der Waals surface area contributed by atoms with E-state index in [-0.39, 0.29) is 0 Å². The number of hydrogen-bond acceptors (Lipinski definition) is 4. The Hall–Kier alpha value is -2.96. The van der Waals surface area contributed by atoms with E-state index in [1.54, 1.807) is 0 Å². The van der Waals surface area contributed by atoms with E-state index in [4.69, 9.17) is 15.4 Å². The fourth-order valence-electron chi connectivity index (χ4n) is 3.72. The van der Waals surface area contributed by atoms with Crippen molar-refractivity contribution in [3.05, 3.63) is 105 Å². The summed E-state index contributed by atoms with van der Waals surface area (Å²) < 4.78 is 1.65. The number of benzene rings is 4. The number of rotatable bonds is 5. The lowest BCUT2D eigenvalue weighted by atomic mass is 10.0. The van der Waals surface area contributed by atoms with E-state index in [0.29, 0.717) is 11.5 Å². The Morgan fingerprint density at radius 3 is 2.00 bits per heavy atom. The van der Waals surface area contributed by atoms with Crippen molar-refractivity contribution in [3.8, 4) is 22.6 Å². The van der Waals surface area contributed by atoms with Crippen LogP contribution < -0.4 is 20.6 Å². The van der Waals surface area contributed by atoms with Crippen LogP contribution in [0.4, 0.5) is 11.4 Å². The number of nitrogen functional groups attached to an aromatic ring is 1. The lowest BCUT2D eigenvalue weighted by Gasteiger charge is -2.26. The first-order valence-electron chi connectivity index (χ1n) is 9.76. The summed E-state index contributed by atoms with van der Waals surface area (Å²) in [5.41, 5.74) is 12.2. The highest BCUT2D eigenvalue weighted by Gasteiger charge is 2.27. The van der Waals surface area contributed by atoms with Crippen molar-refractivity contribution in [3.63, 3.8) is 0 Å². The smallest absolute Gasteiger partial charge is 0.173 e. The number of nitrogens with two attached hydrogens (primary N) is 1. The highest BCUT2D eigenvalue weighted by atomic mass is 79.9. The van der Waals surface area contributed by atoms with Gasteiger partial charge in [0.15, 0.2) is 11.5 Å². The Labute approximate surface area is 197 Å². The predicted molar refractivity (Wildman–Crippen MR) is 131 cm³/mol. The molecule has 0 saturated carbocycles.